The number of rotatable bonds is 6. The minimum absolute atomic E-state index is 0.136. The lowest BCUT2D eigenvalue weighted by molar-refractivity contribution is -0.134. The minimum atomic E-state index is -3.51. The summed E-state index contributed by atoms with van der Waals surface area (Å²) in [5, 5.41) is -0.184. The number of halogens is 1. The van der Waals surface area contributed by atoms with Crippen LogP contribution in [0.15, 0.2) is 53.4 Å². The molecule has 0 aromatic heterocycles. The molecule has 4 rings (SSSR count). The van der Waals surface area contributed by atoms with Crippen LogP contribution in [0.2, 0.25) is 5.02 Å². The van der Waals surface area contributed by atoms with Gasteiger partial charge in [0.2, 0.25) is 5.91 Å². The van der Waals surface area contributed by atoms with Gasteiger partial charge in [-0.2, -0.15) is 0 Å². The Kier molecular flexibility index (Phi) is 5.38. The number of imide groups is 1. The summed E-state index contributed by atoms with van der Waals surface area (Å²) < 4.78 is 25.2. The largest absolute Gasteiger partial charge is 0.340 e. The maximum Gasteiger partial charge on any atom is 0.261 e. The number of hydrogen-bond acceptors (Lipinski definition) is 5. The molecule has 2 aliphatic rings. The SMILES string of the molecule is O=C(CCCN1C(=O)c2ccccc2C1=O)N1CC(S(=O)(=O)c2ccc(Cl)cc2)C1. The predicted octanol–water partition coefficient (Wildman–Crippen LogP) is 2.40. The van der Waals surface area contributed by atoms with E-state index in [0.29, 0.717) is 22.6 Å². The van der Waals surface area contributed by atoms with Crippen LogP contribution in [0, 0.1) is 0 Å². The molecule has 156 valence electrons. The normalized spacial score (nSPS) is 16.6. The highest BCUT2D eigenvalue weighted by atomic mass is 35.5. The van der Waals surface area contributed by atoms with Crippen LogP contribution in [0.4, 0.5) is 0 Å². The van der Waals surface area contributed by atoms with Crippen molar-refractivity contribution in [1.82, 2.24) is 9.80 Å². The van der Waals surface area contributed by atoms with Crippen LogP contribution in [-0.4, -0.2) is 60.8 Å². The third-order valence-corrected chi connectivity index (χ3v) is 7.79. The molecule has 0 saturated carbocycles. The summed E-state index contributed by atoms with van der Waals surface area (Å²) in [5.74, 6) is -0.878. The second kappa shape index (κ2) is 7.85. The molecule has 0 N–H and O–H groups in total. The van der Waals surface area contributed by atoms with E-state index in [4.69, 9.17) is 11.6 Å². The highest BCUT2D eigenvalue weighted by Crippen LogP contribution is 2.26. The number of benzene rings is 2. The molecule has 0 atom stereocenters. The van der Waals surface area contributed by atoms with Gasteiger partial charge in [0.15, 0.2) is 9.84 Å². The van der Waals surface area contributed by atoms with E-state index in [0.717, 1.165) is 4.90 Å². The third-order valence-electron chi connectivity index (χ3n) is 5.43. The van der Waals surface area contributed by atoms with Gasteiger partial charge in [0.25, 0.3) is 11.8 Å². The maximum atomic E-state index is 12.6. The van der Waals surface area contributed by atoms with Gasteiger partial charge in [0, 0.05) is 31.1 Å². The number of hydrogen-bond donors (Lipinski definition) is 0. The van der Waals surface area contributed by atoms with Gasteiger partial charge < -0.3 is 4.90 Å². The predicted molar refractivity (Wildman–Crippen MR) is 110 cm³/mol. The van der Waals surface area contributed by atoms with Crippen molar-refractivity contribution in [2.24, 2.45) is 0 Å². The molecule has 2 heterocycles. The van der Waals surface area contributed by atoms with Gasteiger partial charge in [-0.3, -0.25) is 19.3 Å². The molecule has 9 heteroatoms. The molecule has 7 nitrogen and oxygen atoms in total. The van der Waals surface area contributed by atoms with Gasteiger partial charge in [-0.05, 0) is 42.8 Å². The summed E-state index contributed by atoms with van der Waals surface area (Å²) in [6.07, 6.45) is 0.469. The highest BCUT2D eigenvalue weighted by molar-refractivity contribution is 7.92. The summed E-state index contributed by atoms with van der Waals surface area (Å²) in [4.78, 5) is 39.8. The first-order chi connectivity index (χ1) is 14.3. The Morgan fingerprint density at radius 3 is 2.10 bits per heavy atom. The van der Waals surface area contributed by atoms with Gasteiger partial charge in [0.05, 0.1) is 16.0 Å². The Morgan fingerprint density at radius 2 is 1.53 bits per heavy atom. The van der Waals surface area contributed by atoms with Crippen molar-refractivity contribution >= 4 is 39.2 Å². The lowest BCUT2D eigenvalue weighted by Crippen LogP contribution is -2.56. The molecule has 2 aromatic rings. The molecular weight excluding hydrogens is 428 g/mol. The zero-order chi connectivity index (χ0) is 21.5. The lowest BCUT2D eigenvalue weighted by atomic mass is 10.1. The Balaban J connectivity index is 1.27. The molecule has 1 saturated heterocycles. The summed E-state index contributed by atoms with van der Waals surface area (Å²) in [6, 6.07) is 12.6. The Bertz CT molecular complexity index is 1090. The van der Waals surface area contributed by atoms with Gasteiger partial charge in [0.1, 0.15) is 5.25 Å². The minimum Gasteiger partial charge on any atom is -0.340 e. The average molecular weight is 447 g/mol. The first kappa shape index (κ1) is 20.6. The van der Waals surface area contributed by atoms with Gasteiger partial charge in [-0.1, -0.05) is 23.7 Å². The fourth-order valence-corrected chi connectivity index (χ4v) is 5.42. The fraction of sp³-hybridized carbons (Fsp3) is 0.286. The van der Waals surface area contributed by atoms with E-state index in [-0.39, 0.29) is 48.7 Å². The molecule has 0 unspecified atom stereocenters. The third kappa shape index (κ3) is 3.61. The summed E-state index contributed by atoms with van der Waals surface area (Å²) in [5.41, 5.74) is 0.763. The smallest absolute Gasteiger partial charge is 0.261 e. The summed E-state index contributed by atoms with van der Waals surface area (Å²) in [7, 11) is -3.51. The molecule has 30 heavy (non-hydrogen) atoms. The Hall–Kier alpha value is -2.71. The van der Waals surface area contributed by atoms with Gasteiger partial charge >= 0.3 is 0 Å². The standard InChI is InChI=1S/C21H19ClN2O5S/c22-14-7-9-15(10-8-14)30(28,29)16-12-23(13-16)19(25)6-3-11-24-20(26)17-4-1-2-5-18(17)21(24)27/h1-2,4-5,7-10,16H,3,6,11-13H2. The second-order valence-electron chi connectivity index (χ2n) is 7.33. The van der Waals surface area contributed by atoms with E-state index < -0.39 is 15.1 Å². The van der Waals surface area contributed by atoms with Gasteiger partial charge in [-0.15, -0.1) is 0 Å². The van der Waals surface area contributed by atoms with Crippen LogP contribution in [0.5, 0.6) is 0 Å². The number of nitrogens with zero attached hydrogens (tertiary/aromatic N) is 2. The molecule has 3 amide bonds. The van der Waals surface area contributed by atoms with E-state index in [1.165, 1.54) is 29.2 Å². The molecule has 2 aromatic carbocycles. The quantitative estimate of drug-likeness (QED) is 0.635. The van der Waals surface area contributed by atoms with Crippen molar-refractivity contribution in [2.75, 3.05) is 19.6 Å². The van der Waals surface area contributed by atoms with E-state index in [1.807, 2.05) is 0 Å². The van der Waals surface area contributed by atoms with Crippen LogP contribution in [0.1, 0.15) is 33.6 Å². The zero-order valence-electron chi connectivity index (χ0n) is 16.0. The maximum absolute atomic E-state index is 12.6. The number of likely N-dealkylation sites (tertiary alicyclic amines) is 1. The molecule has 0 aliphatic carbocycles. The monoisotopic (exact) mass is 446 g/mol. The molecule has 1 fully saturated rings. The number of sulfone groups is 1. The van der Waals surface area contributed by atoms with Crippen LogP contribution in [-0.2, 0) is 14.6 Å². The van der Waals surface area contributed by atoms with Crippen LogP contribution < -0.4 is 0 Å². The van der Waals surface area contributed by atoms with Gasteiger partial charge in [-0.25, -0.2) is 8.42 Å². The van der Waals surface area contributed by atoms with Crippen LogP contribution >= 0.6 is 11.6 Å². The van der Waals surface area contributed by atoms with E-state index in [9.17, 15) is 22.8 Å². The average Bonchev–Trinajstić information content (AvgIpc) is 2.92. The van der Waals surface area contributed by atoms with Crippen molar-refractivity contribution in [3.05, 3.63) is 64.7 Å². The topological polar surface area (TPSA) is 91.8 Å². The lowest BCUT2D eigenvalue weighted by Gasteiger charge is -2.38. The Morgan fingerprint density at radius 1 is 0.967 bits per heavy atom. The first-order valence-electron chi connectivity index (χ1n) is 9.51. The van der Waals surface area contributed by atoms with E-state index >= 15 is 0 Å². The first-order valence-corrected chi connectivity index (χ1v) is 11.4. The van der Waals surface area contributed by atoms with Crippen molar-refractivity contribution in [1.29, 1.82) is 0 Å². The van der Waals surface area contributed by atoms with Crippen molar-refractivity contribution in [2.45, 2.75) is 23.0 Å². The number of amides is 3. The zero-order valence-corrected chi connectivity index (χ0v) is 17.5. The number of carbonyl (C=O) groups is 3. The molecule has 2 aliphatic heterocycles. The molecule has 0 bridgehead atoms. The molecule has 0 spiro atoms. The van der Waals surface area contributed by atoms with E-state index in [2.05, 4.69) is 0 Å². The van der Waals surface area contributed by atoms with E-state index in [1.54, 1.807) is 24.3 Å². The highest BCUT2D eigenvalue weighted by Gasteiger charge is 2.40. The summed E-state index contributed by atoms with van der Waals surface area (Å²) in [6.45, 7) is 0.423. The van der Waals surface area contributed by atoms with Crippen LogP contribution in [0.3, 0.4) is 0 Å². The second-order valence-corrected chi connectivity index (χ2v) is 10.00. The Labute approximate surface area is 179 Å². The summed E-state index contributed by atoms with van der Waals surface area (Å²) >= 11 is 5.80. The van der Waals surface area contributed by atoms with Crippen LogP contribution in [0.25, 0.3) is 0 Å². The molecule has 0 radical (unpaired) electrons. The van der Waals surface area contributed by atoms with Crippen molar-refractivity contribution in [3.8, 4) is 0 Å². The number of carbonyl (C=O) groups excluding carboxylic acids is 3. The van der Waals surface area contributed by atoms with Crippen molar-refractivity contribution in [3.63, 3.8) is 0 Å². The number of fused-ring (bicyclic) bond motifs is 1. The fourth-order valence-electron chi connectivity index (χ4n) is 3.64. The molecular formula is C21H19ClN2O5S. The van der Waals surface area contributed by atoms with Crippen molar-refractivity contribution < 1.29 is 22.8 Å².